The fourth-order valence-corrected chi connectivity index (χ4v) is 2.38. The molecule has 0 fully saturated rings. The molecule has 0 saturated carbocycles. The lowest BCUT2D eigenvalue weighted by molar-refractivity contribution is 0.0911. The van der Waals surface area contributed by atoms with E-state index in [4.69, 9.17) is 5.11 Å². The third-order valence-corrected chi connectivity index (χ3v) is 3.75. The number of hydrogen-bond acceptors (Lipinski definition) is 3. The SMILES string of the molecule is Cc1cc(C(=O)NC(CCO)C(C)C)nn1-c1ccc(F)cc1. The second kappa shape index (κ2) is 7.37. The highest BCUT2D eigenvalue weighted by molar-refractivity contribution is 5.92. The number of nitrogens with zero attached hydrogens (tertiary/aromatic N) is 2. The van der Waals surface area contributed by atoms with Crippen LogP contribution in [0.4, 0.5) is 4.39 Å². The molecule has 1 heterocycles. The number of halogens is 1. The average molecular weight is 319 g/mol. The van der Waals surface area contributed by atoms with Crippen LogP contribution in [0.2, 0.25) is 0 Å². The first-order chi connectivity index (χ1) is 10.9. The van der Waals surface area contributed by atoms with Gasteiger partial charge in [0.2, 0.25) is 0 Å². The first-order valence-electron chi connectivity index (χ1n) is 7.66. The first-order valence-corrected chi connectivity index (χ1v) is 7.66. The van der Waals surface area contributed by atoms with Crippen LogP contribution in [0.25, 0.3) is 5.69 Å². The van der Waals surface area contributed by atoms with Crippen molar-refractivity contribution in [1.29, 1.82) is 0 Å². The number of carbonyl (C=O) groups excluding carboxylic acids is 1. The number of aliphatic hydroxyl groups is 1. The Morgan fingerprint density at radius 2 is 2.00 bits per heavy atom. The Morgan fingerprint density at radius 1 is 1.35 bits per heavy atom. The zero-order chi connectivity index (χ0) is 17.0. The molecular weight excluding hydrogens is 297 g/mol. The van der Waals surface area contributed by atoms with Crippen LogP contribution in [-0.4, -0.2) is 33.4 Å². The lowest BCUT2D eigenvalue weighted by Crippen LogP contribution is -2.39. The molecule has 0 radical (unpaired) electrons. The van der Waals surface area contributed by atoms with Gasteiger partial charge in [-0.2, -0.15) is 5.10 Å². The molecule has 124 valence electrons. The van der Waals surface area contributed by atoms with Crippen molar-refractivity contribution in [3.8, 4) is 5.69 Å². The molecule has 5 nitrogen and oxygen atoms in total. The molecule has 0 aliphatic carbocycles. The van der Waals surface area contributed by atoms with E-state index in [9.17, 15) is 9.18 Å². The maximum absolute atomic E-state index is 13.0. The topological polar surface area (TPSA) is 67.2 Å². The maximum Gasteiger partial charge on any atom is 0.272 e. The molecule has 1 aromatic carbocycles. The molecule has 2 N–H and O–H groups in total. The standard InChI is InChI=1S/C17H22FN3O2/c1-11(2)15(8-9-22)19-17(23)16-10-12(3)21(20-16)14-6-4-13(18)5-7-14/h4-7,10-11,15,22H,8-9H2,1-3H3,(H,19,23). The molecular formula is C17H22FN3O2. The summed E-state index contributed by atoms with van der Waals surface area (Å²) in [4.78, 5) is 12.4. The highest BCUT2D eigenvalue weighted by Crippen LogP contribution is 2.14. The van der Waals surface area contributed by atoms with E-state index in [-0.39, 0.29) is 30.3 Å². The molecule has 0 bridgehead atoms. The van der Waals surface area contributed by atoms with E-state index in [1.54, 1.807) is 22.9 Å². The Morgan fingerprint density at radius 3 is 2.57 bits per heavy atom. The Balaban J connectivity index is 2.19. The van der Waals surface area contributed by atoms with E-state index in [2.05, 4.69) is 10.4 Å². The number of aromatic nitrogens is 2. The predicted octanol–water partition coefficient (Wildman–Crippen LogP) is 2.46. The normalized spacial score (nSPS) is 12.4. The summed E-state index contributed by atoms with van der Waals surface area (Å²) in [6, 6.07) is 7.51. The van der Waals surface area contributed by atoms with Crippen molar-refractivity contribution >= 4 is 5.91 Å². The number of aliphatic hydroxyl groups excluding tert-OH is 1. The van der Waals surface area contributed by atoms with Gasteiger partial charge in [0.15, 0.2) is 5.69 Å². The highest BCUT2D eigenvalue weighted by Gasteiger charge is 2.19. The van der Waals surface area contributed by atoms with Gasteiger partial charge in [-0.15, -0.1) is 0 Å². The smallest absolute Gasteiger partial charge is 0.272 e. The van der Waals surface area contributed by atoms with E-state index in [1.807, 2.05) is 20.8 Å². The van der Waals surface area contributed by atoms with Crippen molar-refractivity contribution in [3.63, 3.8) is 0 Å². The van der Waals surface area contributed by atoms with Gasteiger partial charge in [0, 0.05) is 18.3 Å². The molecule has 23 heavy (non-hydrogen) atoms. The van der Waals surface area contributed by atoms with Gasteiger partial charge < -0.3 is 10.4 Å². The zero-order valence-corrected chi connectivity index (χ0v) is 13.6. The van der Waals surface area contributed by atoms with E-state index >= 15 is 0 Å². The van der Waals surface area contributed by atoms with Gasteiger partial charge in [-0.05, 0) is 49.6 Å². The van der Waals surface area contributed by atoms with E-state index in [0.717, 1.165) is 5.69 Å². The summed E-state index contributed by atoms with van der Waals surface area (Å²) in [7, 11) is 0. The van der Waals surface area contributed by atoms with Crippen LogP contribution in [0, 0.1) is 18.7 Å². The van der Waals surface area contributed by atoms with Gasteiger partial charge in [-0.1, -0.05) is 13.8 Å². The second-order valence-electron chi connectivity index (χ2n) is 5.90. The van der Waals surface area contributed by atoms with Gasteiger partial charge in [-0.25, -0.2) is 9.07 Å². The van der Waals surface area contributed by atoms with Gasteiger partial charge in [0.05, 0.1) is 5.69 Å². The number of rotatable bonds is 6. The summed E-state index contributed by atoms with van der Waals surface area (Å²) in [5.41, 5.74) is 1.78. The lowest BCUT2D eigenvalue weighted by atomic mass is 10.0. The fourth-order valence-electron chi connectivity index (χ4n) is 2.38. The molecule has 1 atom stereocenters. The predicted molar refractivity (Wildman–Crippen MR) is 86.1 cm³/mol. The summed E-state index contributed by atoms with van der Waals surface area (Å²) in [6.07, 6.45) is 0.501. The number of benzene rings is 1. The minimum atomic E-state index is -0.319. The molecule has 1 amide bonds. The number of aryl methyl sites for hydroxylation is 1. The Labute approximate surface area is 135 Å². The van der Waals surface area contributed by atoms with Crippen molar-refractivity contribution < 1.29 is 14.3 Å². The summed E-state index contributed by atoms with van der Waals surface area (Å²) in [6.45, 7) is 5.83. The third-order valence-electron chi connectivity index (χ3n) is 3.75. The molecule has 0 saturated heterocycles. The Bertz CT molecular complexity index is 665. The average Bonchev–Trinajstić information content (AvgIpc) is 2.89. The summed E-state index contributed by atoms with van der Waals surface area (Å²) in [5.74, 6) is -0.382. The zero-order valence-electron chi connectivity index (χ0n) is 13.6. The lowest BCUT2D eigenvalue weighted by Gasteiger charge is -2.20. The Kier molecular flexibility index (Phi) is 5.50. The monoisotopic (exact) mass is 319 g/mol. The largest absolute Gasteiger partial charge is 0.396 e. The van der Waals surface area contributed by atoms with Crippen molar-refractivity contribution in [2.45, 2.75) is 33.2 Å². The summed E-state index contributed by atoms with van der Waals surface area (Å²) < 4.78 is 14.6. The van der Waals surface area contributed by atoms with E-state index < -0.39 is 0 Å². The molecule has 0 spiro atoms. The van der Waals surface area contributed by atoms with Gasteiger partial charge in [0.25, 0.3) is 5.91 Å². The number of carbonyl (C=O) groups is 1. The second-order valence-corrected chi connectivity index (χ2v) is 5.90. The number of amides is 1. The molecule has 1 aromatic heterocycles. The maximum atomic E-state index is 13.0. The van der Waals surface area contributed by atoms with Crippen LogP contribution in [-0.2, 0) is 0 Å². The van der Waals surface area contributed by atoms with Crippen molar-refractivity contribution in [1.82, 2.24) is 15.1 Å². The Hall–Kier alpha value is -2.21. The number of hydrogen-bond donors (Lipinski definition) is 2. The van der Waals surface area contributed by atoms with Crippen LogP contribution >= 0.6 is 0 Å². The van der Waals surface area contributed by atoms with Crippen LogP contribution in [0.15, 0.2) is 30.3 Å². The van der Waals surface area contributed by atoms with Crippen LogP contribution < -0.4 is 5.32 Å². The van der Waals surface area contributed by atoms with Crippen LogP contribution in [0.1, 0.15) is 36.5 Å². The van der Waals surface area contributed by atoms with E-state index in [0.29, 0.717) is 17.8 Å². The van der Waals surface area contributed by atoms with E-state index in [1.165, 1.54) is 12.1 Å². The first kappa shape index (κ1) is 17.1. The quantitative estimate of drug-likeness (QED) is 0.859. The molecule has 2 aromatic rings. The molecule has 0 aliphatic rings. The van der Waals surface area contributed by atoms with Gasteiger partial charge in [0.1, 0.15) is 5.82 Å². The van der Waals surface area contributed by atoms with Crippen molar-refractivity contribution in [2.75, 3.05) is 6.61 Å². The summed E-state index contributed by atoms with van der Waals surface area (Å²) >= 11 is 0. The van der Waals surface area contributed by atoms with Gasteiger partial charge in [-0.3, -0.25) is 4.79 Å². The fraction of sp³-hybridized carbons (Fsp3) is 0.412. The molecule has 6 heteroatoms. The van der Waals surface area contributed by atoms with Gasteiger partial charge >= 0.3 is 0 Å². The molecule has 1 unspecified atom stereocenters. The highest BCUT2D eigenvalue weighted by atomic mass is 19.1. The number of nitrogens with one attached hydrogen (secondary N) is 1. The minimum Gasteiger partial charge on any atom is -0.396 e. The molecule has 0 aliphatic heterocycles. The van der Waals surface area contributed by atoms with Crippen molar-refractivity contribution in [2.24, 2.45) is 5.92 Å². The minimum absolute atomic E-state index is 0.0200. The van der Waals surface area contributed by atoms with Crippen LogP contribution in [0.5, 0.6) is 0 Å². The van der Waals surface area contributed by atoms with Crippen LogP contribution in [0.3, 0.4) is 0 Å². The van der Waals surface area contributed by atoms with Crippen molar-refractivity contribution in [3.05, 3.63) is 47.5 Å². The summed E-state index contributed by atoms with van der Waals surface area (Å²) in [5, 5.41) is 16.3. The third kappa shape index (κ3) is 4.16. The molecule has 2 rings (SSSR count).